The Balaban J connectivity index is 2.23. The van der Waals surface area contributed by atoms with Gasteiger partial charge >= 0.3 is 6.09 Å². The summed E-state index contributed by atoms with van der Waals surface area (Å²) in [5.74, 6) is -5.34. The Labute approximate surface area is 380 Å². The molecule has 2 aromatic rings. The van der Waals surface area contributed by atoms with Gasteiger partial charge in [-0.25, -0.2) is 4.79 Å². The number of rotatable bonds is 26. The Hall–Kier alpha value is -6.22. The fraction of sp³-hybridized carbons (Fsp3) is 0.591. The molecule has 0 aliphatic carbocycles. The molecule has 7 atom stereocenters. The fourth-order valence-electron chi connectivity index (χ4n) is 5.81. The van der Waals surface area contributed by atoms with Crippen LogP contribution in [-0.2, 0) is 61.0 Å². The van der Waals surface area contributed by atoms with Crippen LogP contribution in [0.4, 0.5) is 4.79 Å². The smallest absolute Gasteiger partial charge is 0.408 e. The number of carbonyl (C=O) groups is 8. The maximum atomic E-state index is 13.8. The van der Waals surface area contributed by atoms with Crippen molar-refractivity contribution in [3.63, 3.8) is 0 Å². The molecule has 0 aliphatic rings. The van der Waals surface area contributed by atoms with Gasteiger partial charge in [-0.3, -0.25) is 43.5 Å². The van der Waals surface area contributed by atoms with E-state index in [2.05, 4.69) is 47.2 Å². The van der Waals surface area contributed by atoms with E-state index < -0.39 is 95.3 Å². The Morgan fingerprint density at radius 2 is 0.846 bits per heavy atom. The van der Waals surface area contributed by atoms with Crippen molar-refractivity contribution in [2.45, 2.75) is 143 Å². The molecule has 0 fully saturated rings. The summed E-state index contributed by atoms with van der Waals surface area (Å²) < 4.78 is 16.8. The highest BCUT2D eigenvalue weighted by atomic mass is 16.6. The van der Waals surface area contributed by atoms with Gasteiger partial charge in [-0.15, -0.1) is 0 Å². The molecule has 0 unspecified atom stereocenters. The third kappa shape index (κ3) is 21.8. The van der Waals surface area contributed by atoms with Crippen LogP contribution in [-0.4, -0.2) is 119 Å². The Morgan fingerprint density at radius 3 is 1.18 bits per heavy atom. The number of amides is 8. The van der Waals surface area contributed by atoms with Crippen molar-refractivity contribution >= 4 is 47.4 Å². The molecule has 9 N–H and O–H groups in total. The Kier molecular flexibility index (Phi) is 23.0. The van der Waals surface area contributed by atoms with Gasteiger partial charge < -0.3 is 57.2 Å². The average molecular weight is 913 g/mol. The summed E-state index contributed by atoms with van der Waals surface area (Å²) in [5, 5.41) is 17.9. The zero-order chi connectivity index (χ0) is 48.9. The number of ether oxygens (including phenoxy) is 3. The van der Waals surface area contributed by atoms with E-state index in [-0.39, 0.29) is 51.1 Å². The van der Waals surface area contributed by atoms with E-state index in [1.54, 1.807) is 69.8 Å². The van der Waals surface area contributed by atoms with Crippen molar-refractivity contribution in [1.82, 2.24) is 47.2 Å². The highest BCUT2D eigenvalue weighted by Gasteiger charge is 2.32. The van der Waals surface area contributed by atoms with E-state index in [1.807, 2.05) is 27.7 Å². The molecule has 8 amide bonds. The number of pyridine rings is 2. The van der Waals surface area contributed by atoms with E-state index in [4.69, 9.17) is 19.9 Å². The zero-order valence-corrected chi connectivity index (χ0v) is 39.0. The molecule has 2 heterocycles. The summed E-state index contributed by atoms with van der Waals surface area (Å²) in [6.45, 7) is 15.9. The van der Waals surface area contributed by atoms with Gasteiger partial charge in [0.1, 0.15) is 47.9 Å². The molecular formula is C44H68N10O11. The number of carbonyl (C=O) groups excluding carboxylic acids is 8. The quantitative estimate of drug-likeness (QED) is 0.0644. The predicted molar refractivity (Wildman–Crippen MR) is 238 cm³/mol. The first kappa shape index (κ1) is 54.9. The number of hydrogen-bond donors (Lipinski definition) is 8. The molecule has 0 saturated heterocycles. The molecule has 0 bridgehead atoms. The average Bonchev–Trinajstić information content (AvgIpc) is 3.21. The molecule has 2 rings (SSSR count). The third-order valence-electron chi connectivity index (χ3n) is 9.21. The molecule has 0 saturated carbocycles. The minimum Gasteiger partial charge on any atom is -0.444 e. The first-order chi connectivity index (χ1) is 30.4. The minimum atomic E-state index is -1.40. The number of nitrogens with zero attached hydrogens (tertiary/aromatic N) is 2. The van der Waals surface area contributed by atoms with Crippen molar-refractivity contribution in [3.8, 4) is 0 Å². The summed E-state index contributed by atoms with van der Waals surface area (Å²) in [4.78, 5) is 113. The van der Waals surface area contributed by atoms with Crippen molar-refractivity contribution in [2.24, 2.45) is 17.6 Å². The van der Waals surface area contributed by atoms with Gasteiger partial charge in [0, 0.05) is 24.8 Å². The first-order valence-electron chi connectivity index (χ1n) is 21.5. The summed E-state index contributed by atoms with van der Waals surface area (Å²) in [7, 11) is 0. The van der Waals surface area contributed by atoms with E-state index in [0.29, 0.717) is 0 Å². The summed E-state index contributed by atoms with van der Waals surface area (Å²) in [5.41, 5.74) is 6.10. The molecule has 0 spiro atoms. The largest absolute Gasteiger partial charge is 0.444 e. The van der Waals surface area contributed by atoms with Crippen LogP contribution in [0.15, 0.2) is 49.1 Å². The Bertz CT molecular complexity index is 1880. The van der Waals surface area contributed by atoms with E-state index >= 15 is 0 Å². The molecule has 360 valence electrons. The second-order valence-corrected chi connectivity index (χ2v) is 17.5. The fourth-order valence-corrected chi connectivity index (χ4v) is 5.81. The highest BCUT2D eigenvalue weighted by Crippen LogP contribution is 2.11. The van der Waals surface area contributed by atoms with Crippen LogP contribution in [0.3, 0.4) is 0 Å². The molecule has 0 aromatic carbocycles. The Morgan fingerprint density at radius 1 is 0.508 bits per heavy atom. The maximum absolute atomic E-state index is 13.8. The highest BCUT2D eigenvalue weighted by molar-refractivity contribution is 5.97. The second-order valence-electron chi connectivity index (χ2n) is 17.5. The van der Waals surface area contributed by atoms with E-state index in [0.717, 1.165) is 11.1 Å². The summed E-state index contributed by atoms with van der Waals surface area (Å²) >= 11 is 0. The van der Waals surface area contributed by atoms with Crippen LogP contribution in [0.5, 0.6) is 0 Å². The van der Waals surface area contributed by atoms with Gasteiger partial charge in [0.05, 0.1) is 26.4 Å². The molecule has 0 aliphatic heterocycles. The van der Waals surface area contributed by atoms with Gasteiger partial charge in [0.15, 0.2) is 0 Å². The molecule has 0 radical (unpaired) electrons. The van der Waals surface area contributed by atoms with Crippen LogP contribution in [0, 0.1) is 11.8 Å². The number of nitrogens with two attached hydrogens (primary N) is 1. The van der Waals surface area contributed by atoms with Crippen LogP contribution in [0.25, 0.3) is 0 Å². The van der Waals surface area contributed by atoms with Gasteiger partial charge in [-0.1, -0.05) is 27.7 Å². The van der Waals surface area contributed by atoms with Crippen LogP contribution < -0.4 is 43.0 Å². The monoisotopic (exact) mass is 913 g/mol. The molecular weight excluding hydrogens is 845 g/mol. The molecule has 21 heteroatoms. The predicted octanol–water partition coefficient (Wildman–Crippen LogP) is 0.649. The lowest BCUT2D eigenvalue weighted by Gasteiger charge is -2.26. The van der Waals surface area contributed by atoms with Gasteiger partial charge in [0.25, 0.3) is 0 Å². The van der Waals surface area contributed by atoms with Crippen molar-refractivity contribution < 1.29 is 52.6 Å². The molecule has 65 heavy (non-hydrogen) atoms. The standard InChI is InChI=1S/C44H68N10O11/c1-25(2)19-32(36(45)55)51-37(56)27(5)49-41(60)34(23-63-21-30-11-15-46-16-12-30)53-39(58)29(7)50-42(61)35(24-64-22-31-13-17-47-18-14-31)52-38(57)28(6)48-40(59)33(20-26(3)4)54-43(62)65-44(8,9)10/h11-18,25-29,32-35H,19-24H2,1-10H3,(H2,45,55)(H,48,59)(H,49,60)(H,50,61)(H,51,56)(H,52,57)(H,53,58)(H,54,62)/t27-,28-,29-,32-,33-,34-,35-/m0/s1. The maximum Gasteiger partial charge on any atom is 0.408 e. The molecule has 2 aromatic heterocycles. The number of alkyl carbamates (subject to hydrolysis) is 1. The van der Waals surface area contributed by atoms with Crippen molar-refractivity contribution in [1.29, 1.82) is 0 Å². The minimum absolute atomic E-state index is 0.0222. The second kappa shape index (κ2) is 27.2. The number of aromatic nitrogens is 2. The number of primary amides is 1. The van der Waals surface area contributed by atoms with Crippen molar-refractivity contribution in [3.05, 3.63) is 60.2 Å². The third-order valence-corrected chi connectivity index (χ3v) is 9.21. The zero-order valence-electron chi connectivity index (χ0n) is 39.0. The van der Waals surface area contributed by atoms with Gasteiger partial charge in [-0.05, 0) is 102 Å². The molecule has 21 nitrogen and oxygen atoms in total. The first-order valence-corrected chi connectivity index (χ1v) is 21.5. The number of nitrogens with one attached hydrogen (secondary N) is 7. The van der Waals surface area contributed by atoms with Crippen LogP contribution in [0.1, 0.15) is 93.2 Å². The summed E-state index contributed by atoms with van der Waals surface area (Å²) in [6.07, 6.45) is 5.92. The number of hydrogen-bond acceptors (Lipinski definition) is 13. The lowest BCUT2D eigenvalue weighted by Crippen LogP contribution is -2.60. The lowest BCUT2D eigenvalue weighted by molar-refractivity contribution is -0.136. The van der Waals surface area contributed by atoms with Gasteiger partial charge in [-0.2, -0.15) is 0 Å². The summed E-state index contributed by atoms with van der Waals surface area (Å²) in [6, 6.07) is -1.69. The van der Waals surface area contributed by atoms with E-state index in [1.165, 1.54) is 20.8 Å². The lowest BCUT2D eigenvalue weighted by atomic mass is 10.0. The van der Waals surface area contributed by atoms with Gasteiger partial charge in [0.2, 0.25) is 41.4 Å². The van der Waals surface area contributed by atoms with Crippen LogP contribution >= 0.6 is 0 Å². The topological polar surface area (TPSA) is 300 Å². The van der Waals surface area contributed by atoms with E-state index in [9.17, 15) is 38.4 Å². The normalized spacial score (nSPS) is 14.6. The van der Waals surface area contributed by atoms with Crippen molar-refractivity contribution in [2.75, 3.05) is 13.2 Å². The van der Waals surface area contributed by atoms with Crippen LogP contribution in [0.2, 0.25) is 0 Å². The SMILES string of the molecule is CC(C)C[C@H](NC(=O)[C@H](C)NC(=O)[C@H](COCc1ccncc1)NC(=O)[C@H](C)NC(=O)[C@H](COCc1ccncc1)NC(=O)[C@H](C)NC(=O)[C@H](CC(C)C)NC(=O)OC(C)(C)C)C(N)=O.